The average molecular weight is 501 g/mol. The number of hydrogen-bond acceptors (Lipinski definition) is 7. The molecule has 3 aromatic carbocycles. The number of rotatable bonds is 9. The van der Waals surface area contributed by atoms with Crippen LogP contribution < -0.4 is 24.3 Å². The largest absolute Gasteiger partial charge is 0.493 e. The molecule has 0 unspecified atom stereocenters. The molecule has 4 rings (SSSR count). The van der Waals surface area contributed by atoms with Gasteiger partial charge in [0.05, 0.1) is 12.0 Å². The van der Waals surface area contributed by atoms with E-state index in [9.17, 15) is 10.1 Å². The van der Waals surface area contributed by atoms with Crippen LogP contribution in [0.5, 0.6) is 23.0 Å². The molecule has 1 N–H and O–H groups in total. The van der Waals surface area contributed by atoms with Crippen molar-refractivity contribution in [1.82, 2.24) is 5.32 Å². The minimum absolute atomic E-state index is 0.0437. The Bertz CT molecular complexity index is 1120. The molecule has 166 valence electrons. The molecule has 1 aliphatic heterocycles. The number of nitrogens with one attached hydrogen (secondary N) is 1. The summed E-state index contributed by atoms with van der Waals surface area (Å²) in [6.07, 6.45) is 0. The monoisotopic (exact) mass is 500 g/mol. The van der Waals surface area contributed by atoms with Crippen LogP contribution in [-0.2, 0) is 19.7 Å². The molecule has 0 atom stereocenters. The fraction of sp³-hybridized carbons (Fsp3) is 0.217. The van der Waals surface area contributed by atoms with Crippen LogP contribution in [-0.4, -0.2) is 18.8 Å². The van der Waals surface area contributed by atoms with Crippen LogP contribution in [0.3, 0.4) is 0 Å². The van der Waals surface area contributed by atoms with Crippen molar-refractivity contribution in [2.24, 2.45) is 0 Å². The van der Waals surface area contributed by atoms with Crippen molar-refractivity contribution in [2.45, 2.75) is 19.7 Å². The Morgan fingerprint density at radius 3 is 2.53 bits per heavy atom. The molecular weight excluding hydrogens is 480 g/mol. The maximum Gasteiger partial charge on any atom is 0.269 e. The van der Waals surface area contributed by atoms with Gasteiger partial charge in [0.2, 0.25) is 6.79 Å². The van der Waals surface area contributed by atoms with Gasteiger partial charge in [-0.2, -0.15) is 0 Å². The second kappa shape index (κ2) is 9.88. The van der Waals surface area contributed by atoms with Gasteiger partial charge in [-0.25, -0.2) is 0 Å². The van der Waals surface area contributed by atoms with Gasteiger partial charge in [-0.15, -0.1) is 0 Å². The van der Waals surface area contributed by atoms with E-state index in [4.69, 9.17) is 18.9 Å². The molecule has 9 heteroatoms. The number of methoxy groups -OCH3 is 1. The Balaban J connectivity index is 1.46. The SMILES string of the molecule is COc1ccc(Br)c(CNCc2ccc3c(c2)OCO3)c1OCc1ccc([N+](=O)[O-])cc1. The summed E-state index contributed by atoms with van der Waals surface area (Å²) >= 11 is 3.60. The van der Waals surface area contributed by atoms with Gasteiger partial charge >= 0.3 is 0 Å². The highest BCUT2D eigenvalue weighted by molar-refractivity contribution is 9.10. The molecule has 8 nitrogen and oxygen atoms in total. The van der Waals surface area contributed by atoms with Gasteiger partial charge in [0.25, 0.3) is 5.69 Å². The van der Waals surface area contributed by atoms with Crippen molar-refractivity contribution in [3.05, 3.63) is 85.9 Å². The fourth-order valence-electron chi connectivity index (χ4n) is 3.32. The summed E-state index contributed by atoms with van der Waals surface area (Å²) in [5.41, 5.74) is 2.84. The van der Waals surface area contributed by atoms with Gasteiger partial charge < -0.3 is 24.3 Å². The van der Waals surface area contributed by atoms with E-state index < -0.39 is 4.92 Å². The molecule has 0 spiro atoms. The van der Waals surface area contributed by atoms with Crippen LogP contribution in [0, 0.1) is 10.1 Å². The Labute approximate surface area is 193 Å². The molecule has 0 radical (unpaired) electrons. The van der Waals surface area contributed by atoms with Crippen molar-refractivity contribution in [2.75, 3.05) is 13.9 Å². The lowest BCUT2D eigenvalue weighted by molar-refractivity contribution is -0.384. The zero-order chi connectivity index (χ0) is 22.5. The van der Waals surface area contributed by atoms with Crippen molar-refractivity contribution < 1.29 is 23.9 Å². The number of non-ortho nitro benzene ring substituents is 1. The molecular formula is C23H21BrN2O6. The van der Waals surface area contributed by atoms with Crippen molar-refractivity contribution in [1.29, 1.82) is 0 Å². The van der Waals surface area contributed by atoms with Crippen LogP contribution in [0.2, 0.25) is 0 Å². The fourth-order valence-corrected chi connectivity index (χ4v) is 3.77. The van der Waals surface area contributed by atoms with Gasteiger partial charge in [-0.05, 0) is 47.5 Å². The first-order valence-electron chi connectivity index (χ1n) is 9.86. The van der Waals surface area contributed by atoms with E-state index in [1.165, 1.54) is 12.1 Å². The summed E-state index contributed by atoms with van der Waals surface area (Å²) in [5, 5.41) is 14.3. The van der Waals surface area contributed by atoms with Crippen LogP contribution in [0.15, 0.2) is 59.1 Å². The van der Waals surface area contributed by atoms with E-state index in [-0.39, 0.29) is 19.1 Å². The minimum atomic E-state index is -0.425. The molecule has 0 saturated heterocycles. The summed E-state index contributed by atoms with van der Waals surface area (Å²) < 4.78 is 23.3. The molecule has 32 heavy (non-hydrogen) atoms. The van der Waals surface area contributed by atoms with E-state index in [0.717, 1.165) is 32.7 Å². The number of halogens is 1. The molecule has 0 bridgehead atoms. The van der Waals surface area contributed by atoms with Gasteiger partial charge in [0, 0.05) is 35.3 Å². The van der Waals surface area contributed by atoms with Gasteiger partial charge in [-0.1, -0.05) is 22.0 Å². The first-order valence-corrected chi connectivity index (χ1v) is 10.6. The lowest BCUT2D eigenvalue weighted by Gasteiger charge is -2.17. The summed E-state index contributed by atoms with van der Waals surface area (Å²) in [6.45, 7) is 1.66. The van der Waals surface area contributed by atoms with E-state index in [1.807, 2.05) is 30.3 Å². The molecule has 0 aliphatic carbocycles. The standard InChI is InChI=1S/C23H21BrN2O6/c1-29-21-9-7-19(24)18(12-25-11-16-4-8-20-22(10-16)32-14-31-20)23(21)30-13-15-2-5-17(6-3-15)26(27)28/h2-10,25H,11-14H2,1H3. The Kier molecular flexibility index (Phi) is 6.77. The summed E-state index contributed by atoms with van der Waals surface area (Å²) in [7, 11) is 1.59. The predicted molar refractivity (Wildman–Crippen MR) is 121 cm³/mol. The van der Waals surface area contributed by atoms with Crippen LogP contribution in [0.4, 0.5) is 5.69 Å². The van der Waals surface area contributed by atoms with E-state index in [0.29, 0.717) is 24.6 Å². The average Bonchev–Trinajstić information content (AvgIpc) is 3.27. The Hall–Kier alpha value is -3.30. The summed E-state index contributed by atoms with van der Waals surface area (Å²) in [4.78, 5) is 10.4. The highest BCUT2D eigenvalue weighted by atomic mass is 79.9. The lowest BCUT2D eigenvalue weighted by atomic mass is 10.1. The highest BCUT2D eigenvalue weighted by Crippen LogP contribution is 2.37. The van der Waals surface area contributed by atoms with Crippen molar-refractivity contribution in [3.8, 4) is 23.0 Å². The maximum atomic E-state index is 10.8. The zero-order valence-corrected chi connectivity index (χ0v) is 18.9. The van der Waals surface area contributed by atoms with Crippen molar-refractivity contribution >= 4 is 21.6 Å². The van der Waals surface area contributed by atoms with E-state index in [2.05, 4.69) is 21.2 Å². The molecule has 0 aromatic heterocycles. The number of ether oxygens (including phenoxy) is 4. The van der Waals surface area contributed by atoms with E-state index in [1.54, 1.807) is 19.2 Å². The third-order valence-electron chi connectivity index (χ3n) is 4.99. The Morgan fingerprint density at radius 1 is 1.03 bits per heavy atom. The zero-order valence-electron chi connectivity index (χ0n) is 17.3. The molecule has 1 aliphatic rings. The van der Waals surface area contributed by atoms with Crippen LogP contribution >= 0.6 is 15.9 Å². The Morgan fingerprint density at radius 2 is 1.78 bits per heavy atom. The number of hydrogen-bond donors (Lipinski definition) is 1. The van der Waals surface area contributed by atoms with E-state index >= 15 is 0 Å². The second-order valence-corrected chi connectivity index (χ2v) is 7.92. The first kappa shape index (κ1) is 21.9. The molecule has 0 amide bonds. The lowest BCUT2D eigenvalue weighted by Crippen LogP contribution is -2.14. The van der Waals surface area contributed by atoms with Crippen LogP contribution in [0.1, 0.15) is 16.7 Å². The smallest absolute Gasteiger partial charge is 0.269 e. The number of benzene rings is 3. The third kappa shape index (κ3) is 4.95. The summed E-state index contributed by atoms with van der Waals surface area (Å²) in [6, 6.07) is 15.9. The number of nitro benzene ring substituents is 1. The maximum absolute atomic E-state index is 10.8. The topological polar surface area (TPSA) is 92.1 Å². The van der Waals surface area contributed by atoms with Crippen LogP contribution in [0.25, 0.3) is 0 Å². The van der Waals surface area contributed by atoms with Gasteiger partial charge in [0.1, 0.15) is 6.61 Å². The highest BCUT2D eigenvalue weighted by Gasteiger charge is 2.16. The second-order valence-electron chi connectivity index (χ2n) is 7.06. The quantitative estimate of drug-likeness (QED) is 0.327. The number of nitrogens with zero attached hydrogens (tertiary/aromatic N) is 1. The normalized spacial score (nSPS) is 11.9. The van der Waals surface area contributed by atoms with Gasteiger partial charge in [-0.3, -0.25) is 10.1 Å². The number of nitro groups is 1. The molecule has 0 fully saturated rings. The molecule has 1 heterocycles. The molecule has 3 aromatic rings. The predicted octanol–water partition coefficient (Wildman–Crippen LogP) is 4.96. The molecule has 0 saturated carbocycles. The summed E-state index contributed by atoms with van der Waals surface area (Å²) in [5.74, 6) is 2.72. The third-order valence-corrected chi connectivity index (χ3v) is 5.73. The minimum Gasteiger partial charge on any atom is -0.493 e. The first-order chi connectivity index (χ1) is 15.5. The van der Waals surface area contributed by atoms with Gasteiger partial charge in [0.15, 0.2) is 23.0 Å². The number of fused-ring (bicyclic) bond motifs is 1. The van der Waals surface area contributed by atoms with Crippen molar-refractivity contribution in [3.63, 3.8) is 0 Å².